The number of amides is 1. The van der Waals surface area contributed by atoms with Gasteiger partial charge in [0.1, 0.15) is 11.5 Å². The van der Waals surface area contributed by atoms with Crippen molar-refractivity contribution >= 4 is 15.9 Å². The highest BCUT2D eigenvalue weighted by atomic mass is 32.2. The Hall–Kier alpha value is -1.84. The van der Waals surface area contributed by atoms with E-state index in [9.17, 15) is 13.2 Å². The van der Waals surface area contributed by atoms with Gasteiger partial charge < -0.3 is 19.7 Å². The van der Waals surface area contributed by atoms with Gasteiger partial charge in [-0.25, -0.2) is 8.42 Å². The summed E-state index contributed by atoms with van der Waals surface area (Å²) >= 11 is 0. The van der Waals surface area contributed by atoms with E-state index in [-0.39, 0.29) is 18.2 Å². The van der Waals surface area contributed by atoms with E-state index < -0.39 is 10.0 Å². The SMILES string of the molecule is COc1cc(OC)cc(C(=O)NCCS(=O)(=O)N2CCN(C)CC2)c1. The molecule has 1 aromatic rings. The number of ether oxygens (including phenoxy) is 2. The molecular formula is C16H25N3O5S. The molecular weight excluding hydrogens is 346 g/mol. The predicted octanol–water partition coefficient (Wildman–Crippen LogP) is 0.0108. The Bertz CT molecular complexity index is 677. The first-order chi connectivity index (χ1) is 11.9. The number of sulfonamides is 1. The molecule has 1 N–H and O–H groups in total. The van der Waals surface area contributed by atoms with E-state index in [0.717, 1.165) is 13.1 Å². The number of carbonyl (C=O) groups is 1. The van der Waals surface area contributed by atoms with Crippen molar-refractivity contribution in [1.29, 1.82) is 0 Å². The second-order valence-corrected chi connectivity index (χ2v) is 7.96. The number of benzene rings is 1. The molecule has 8 nitrogen and oxygen atoms in total. The molecule has 0 saturated carbocycles. The summed E-state index contributed by atoms with van der Waals surface area (Å²) in [5.41, 5.74) is 0.355. The Morgan fingerprint density at radius 2 is 1.64 bits per heavy atom. The average Bonchev–Trinajstić information content (AvgIpc) is 2.61. The maximum Gasteiger partial charge on any atom is 0.251 e. The molecule has 1 fully saturated rings. The summed E-state index contributed by atoms with van der Waals surface area (Å²) in [6.07, 6.45) is 0. The van der Waals surface area contributed by atoms with Crippen LogP contribution in [0.5, 0.6) is 11.5 Å². The third kappa shape index (κ3) is 5.32. The van der Waals surface area contributed by atoms with Gasteiger partial charge in [0.05, 0.1) is 20.0 Å². The molecule has 0 atom stereocenters. The van der Waals surface area contributed by atoms with Crippen LogP contribution in [0.3, 0.4) is 0 Å². The van der Waals surface area contributed by atoms with Crippen molar-refractivity contribution in [2.75, 3.05) is 59.7 Å². The Balaban J connectivity index is 1.92. The normalized spacial score (nSPS) is 16.4. The fourth-order valence-electron chi connectivity index (χ4n) is 2.53. The van der Waals surface area contributed by atoms with E-state index in [1.165, 1.54) is 18.5 Å². The monoisotopic (exact) mass is 371 g/mol. The molecule has 140 valence electrons. The van der Waals surface area contributed by atoms with Crippen LogP contribution < -0.4 is 14.8 Å². The first-order valence-corrected chi connectivity index (χ1v) is 9.64. The van der Waals surface area contributed by atoms with Crippen LogP contribution in [0, 0.1) is 0 Å². The zero-order valence-corrected chi connectivity index (χ0v) is 15.6. The lowest BCUT2D eigenvalue weighted by Gasteiger charge is -2.31. The maximum absolute atomic E-state index is 12.3. The van der Waals surface area contributed by atoms with Crippen LogP contribution in [0.1, 0.15) is 10.4 Å². The zero-order chi connectivity index (χ0) is 18.4. The standard InChI is InChI=1S/C16H25N3O5S/c1-18-5-7-19(8-6-18)25(21,22)9-4-17-16(20)13-10-14(23-2)12-15(11-13)24-3/h10-12H,4-9H2,1-3H3,(H,17,20). The van der Waals surface area contributed by atoms with E-state index in [1.807, 2.05) is 7.05 Å². The van der Waals surface area contributed by atoms with Crippen molar-refractivity contribution in [1.82, 2.24) is 14.5 Å². The van der Waals surface area contributed by atoms with E-state index in [0.29, 0.717) is 30.2 Å². The molecule has 0 aliphatic carbocycles. The number of carbonyl (C=O) groups excluding carboxylic acids is 1. The highest BCUT2D eigenvalue weighted by molar-refractivity contribution is 7.89. The average molecular weight is 371 g/mol. The Morgan fingerprint density at radius 3 is 2.16 bits per heavy atom. The molecule has 0 bridgehead atoms. The molecule has 1 aliphatic rings. The van der Waals surface area contributed by atoms with Crippen LogP contribution in [-0.2, 0) is 10.0 Å². The van der Waals surface area contributed by atoms with Crippen LogP contribution in [-0.4, -0.2) is 83.3 Å². The number of nitrogens with one attached hydrogen (secondary N) is 1. The number of methoxy groups -OCH3 is 2. The van der Waals surface area contributed by atoms with Gasteiger partial charge >= 0.3 is 0 Å². The third-order valence-electron chi connectivity index (χ3n) is 4.11. The quantitative estimate of drug-likeness (QED) is 0.727. The van der Waals surface area contributed by atoms with Crippen LogP contribution in [0.4, 0.5) is 0 Å². The molecule has 2 rings (SSSR count). The fourth-order valence-corrected chi connectivity index (χ4v) is 3.87. The van der Waals surface area contributed by atoms with Gasteiger partial charge in [-0.3, -0.25) is 4.79 Å². The third-order valence-corrected chi connectivity index (χ3v) is 5.99. The molecule has 9 heteroatoms. The number of nitrogens with zero attached hydrogens (tertiary/aromatic N) is 2. The molecule has 25 heavy (non-hydrogen) atoms. The van der Waals surface area contributed by atoms with Crippen LogP contribution in [0.15, 0.2) is 18.2 Å². The first kappa shape index (κ1) is 19.5. The van der Waals surface area contributed by atoms with Crippen molar-refractivity contribution in [3.63, 3.8) is 0 Å². The minimum Gasteiger partial charge on any atom is -0.497 e. The maximum atomic E-state index is 12.3. The van der Waals surface area contributed by atoms with Crippen molar-refractivity contribution in [3.05, 3.63) is 23.8 Å². The van der Waals surface area contributed by atoms with Crippen LogP contribution >= 0.6 is 0 Å². The summed E-state index contributed by atoms with van der Waals surface area (Å²) in [6, 6.07) is 4.81. The summed E-state index contributed by atoms with van der Waals surface area (Å²) in [6.45, 7) is 2.46. The van der Waals surface area contributed by atoms with Crippen molar-refractivity contribution in [2.45, 2.75) is 0 Å². The summed E-state index contributed by atoms with van der Waals surface area (Å²) in [5, 5.41) is 2.64. The highest BCUT2D eigenvalue weighted by Crippen LogP contribution is 2.22. The van der Waals surface area contributed by atoms with Gasteiger partial charge in [-0.2, -0.15) is 4.31 Å². The van der Waals surface area contributed by atoms with E-state index in [4.69, 9.17) is 9.47 Å². The van der Waals surface area contributed by atoms with Crippen LogP contribution in [0.2, 0.25) is 0 Å². The minimum atomic E-state index is -3.37. The zero-order valence-electron chi connectivity index (χ0n) is 14.8. The van der Waals surface area contributed by atoms with Gasteiger partial charge in [0.15, 0.2) is 0 Å². The molecule has 1 amide bonds. The number of hydrogen-bond acceptors (Lipinski definition) is 6. The smallest absolute Gasteiger partial charge is 0.251 e. The van der Waals surface area contributed by atoms with Crippen molar-refractivity contribution in [3.8, 4) is 11.5 Å². The lowest BCUT2D eigenvalue weighted by atomic mass is 10.2. The molecule has 0 aromatic heterocycles. The second-order valence-electron chi connectivity index (χ2n) is 5.88. The number of likely N-dealkylation sites (N-methyl/N-ethyl adjacent to an activating group) is 1. The number of rotatable bonds is 7. The molecule has 1 aromatic carbocycles. The van der Waals surface area contributed by atoms with Gasteiger partial charge in [0, 0.05) is 44.4 Å². The largest absolute Gasteiger partial charge is 0.497 e. The van der Waals surface area contributed by atoms with E-state index in [1.54, 1.807) is 18.2 Å². The van der Waals surface area contributed by atoms with Gasteiger partial charge in [-0.05, 0) is 19.2 Å². The van der Waals surface area contributed by atoms with E-state index in [2.05, 4.69) is 10.2 Å². The summed E-state index contributed by atoms with van der Waals surface area (Å²) in [5.74, 6) is 0.499. The molecule has 1 heterocycles. The Labute approximate surface area is 148 Å². The van der Waals surface area contributed by atoms with Gasteiger partial charge in [-0.1, -0.05) is 0 Å². The molecule has 0 spiro atoms. The first-order valence-electron chi connectivity index (χ1n) is 8.03. The highest BCUT2D eigenvalue weighted by Gasteiger charge is 2.25. The van der Waals surface area contributed by atoms with Crippen molar-refractivity contribution in [2.24, 2.45) is 0 Å². The van der Waals surface area contributed by atoms with Crippen LogP contribution in [0.25, 0.3) is 0 Å². The van der Waals surface area contributed by atoms with Gasteiger partial charge in [-0.15, -0.1) is 0 Å². The number of hydrogen-bond donors (Lipinski definition) is 1. The summed E-state index contributed by atoms with van der Waals surface area (Å²) in [7, 11) is 1.60. The topological polar surface area (TPSA) is 88.2 Å². The fraction of sp³-hybridized carbons (Fsp3) is 0.562. The summed E-state index contributed by atoms with van der Waals surface area (Å²) in [4.78, 5) is 14.3. The Morgan fingerprint density at radius 1 is 1.08 bits per heavy atom. The lowest BCUT2D eigenvalue weighted by molar-refractivity contribution is 0.0955. The van der Waals surface area contributed by atoms with E-state index >= 15 is 0 Å². The molecule has 1 saturated heterocycles. The second kappa shape index (κ2) is 8.50. The molecule has 1 aliphatic heterocycles. The molecule has 0 radical (unpaired) electrons. The van der Waals surface area contributed by atoms with Gasteiger partial charge in [0.25, 0.3) is 5.91 Å². The predicted molar refractivity (Wildman–Crippen MR) is 94.7 cm³/mol. The Kier molecular flexibility index (Phi) is 6.63. The molecule has 0 unspecified atom stereocenters. The summed E-state index contributed by atoms with van der Waals surface area (Å²) < 4.78 is 36.4. The van der Waals surface area contributed by atoms with Crippen molar-refractivity contribution < 1.29 is 22.7 Å². The lowest BCUT2D eigenvalue weighted by Crippen LogP contribution is -2.48. The van der Waals surface area contributed by atoms with Gasteiger partial charge in [0.2, 0.25) is 10.0 Å². The number of piperazine rings is 1. The minimum absolute atomic E-state index is 0.0486.